The number of hydrogen-bond donors (Lipinski definition) is 1. The Labute approximate surface area is 127 Å². The van der Waals surface area contributed by atoms with E-state index in [1.807, 2.05) is 5.32 Å². The maximum absolute atomic E-state index is 13.6. The molecule has 0 aliphatic heterocycles. The third-order valence-electron chi connectivity index (χ3n) is 3.96. The third kappa shape index (κ3) is 2.36. The van der Waals surface area contributed by atoms with Crippen LogP contribution in [0.3, 0.4) is 0 Å². The molecule has 1 fully saturated rings. The highest BCUT2D eigenvalue weighted by Gasteiger charge is 2.51. The molecule has 23 heavy (non-hydrogen) atoms. The van der Waals surface area contributed by atoms with Crippen molar-refractivity contribution in [2.24, 2.45) is 0 Å². The summed E-state index contributed by atoms with van der Waals surface area (Å²) >= 11 is 0. The first-order valence-corrected chi connectivity index (χ1v) is 6.77. The number of carbonyl (C=O) groups excluding carboxylic acids is 1. The first-order chi connectivity index (χ1) is 10.9. The first kappa shape index (κ1) is 15.5. The van der Waals surface area contributed by atoms with Crippen LogP contribution in [-0.4, -0.2) is 5.91 Å². The number of amides is 1. The van der Waals surface area contributed by atoms with Gasteiger partial charge in [0.1, 0.15) is 5.69 Å². The van der Waals surface area contributed by atoms with E-state index in [2.05, 4.69) is 0 Å². The molecule has 0 aromatic heterocycles. The van der Waals surface area contributed by atoms with Gasteiger partial charge in [-0.05, 0) is 18.4 Å². The second kappa shape index (κ2) is 5.33. The zero-order chi connectivity index (χ0) is 16.8. The summed E-state index contributed by atoms with van der Waals surface area (Å²) in [5.74, 6) is -11.4. The molecule has 0 radical (unpaired) electrons. The number of carbonyl (C=O) groups is 1. The highest BCUT2D eigenvalue weighted by Crippen LogP contribution is 2.49. The molecule has 2 aromatic carbocycles. The summed E-state index contributed by atoms with van der Waals surface area (Å²) in [5, 5.41) is 1.85. The Morgan fingerprint density at radius 3 is 1.78 bits per heavy atom. The zero-order valence-corrected chi connectivity index (χ0v) is 11.6. The molecule has 1 aliphatic carbocycles. The van der Waals surface area contributed by atoms with Crippen LogP contribution >= 0.6 is 0 Å². The summed E-state index contributed by atoms with van der Waals surface area (Å²) in [5.41, 5.74) is -1.70. The van der Waals surface area contributed by atoms with Crippen molar-refractivity contribution in [1.82, 2.24) is 0 Å². The number of hydrogen-bond acceptors (Lipinski definition) is 1. The van der Waals surface area contributed by atoms with Crippen LogP contribution in [0.2, 0.25) is 0 Å². The van der Waals surface area contributed by atoms with Crippen molar-refractivity contribution in [3.63, 3.8) is 0 Å². The first-order valence-electron chi connectivity index (χ1n) is 6.77. The van der Waals surface area contributed by atoms with Crippen molar-refractivity contribution in [1.29, 1.82) is 0 Å². The van der Waals surface area contributed by atoms with Crippen LogP contribution in [0, 0.1) is 29.1 Å². The molecule has 0 spiro atoms. The van der Waals surface area contributed by atoms with Gasteiger partial charge in [-0.15, -0.1) is 0 Å². The second-order valence-corrected chi connectivity index (χ2v) is 5.35. The molecule has 1 N–H and O–H groups in total. The van der Waals surface area contributed by atoms with Gasteiger partial charge in [-0.2, -0.15) is 0 Å². The van der Waals surface area contributed by atoms with Gasteiger partial charge in [0.2, 0.25) is 11.7 Å². The van der Waals surface area contributed by atoms with Gasteiger partial charge in [0.15, 0.2) is 23.3 Å². The third-order valence-corrected chi connectivity index (χ3v) is 3.96. The van der Waals surface area contributed by atoms with E-state index in [0.29, 0.717) is 18.4 Å². The standard InChI is InChI=1S/C16H10F5NO/c17-9-10(18)12(20)14(13(21)11(9)19)22-15(23)16(6-7-16)8-4-2-1-3-5-8/h1-5H,6-7H2,(H,22,23). The minimum absolute atomic E-state index is 0.429. The van der Waals surface area contributed by atoms with Crippen LogP contribution in [0.4, 0.5) is 27.6 Å². The highest BCUT2D eigenvalue weighted by molar-refractivity contribution is 6.01. The average molecular weight is 327 g/mol. The van der Waals surface area contributed by atoms with Gasteiger partial charge < -0.3 is 5.32 Å². The van der Waals surface area contributed by atoms with Gasteiger partial charge >= 0.3 is 0 Å². The fourth-order valence-electron chi connectivity index (χ4n) is 2.48. The Morgan fingerprint density at radius 1 is 0.826 bits per heavy atom. The Bertz CT molecular complexity index is 758. The predicted octanol–water partition coefficient (Wildman–Crippen LogP) is 4.05. The van der Waals surface area contributed by atoms with E-state index in [-0.39, 0.29) is 0 Å². The van der Waals surface area contributed by atoms with Crippen molar-refractivity contribution < 1.29 is 26.7 Å². The summed E-state index contributed by atoms with van der Waals surface area (Å²) in [4.78, 5) is 12.3. The molecule has 0 unspecified atom stereocenters. The maximum atomic E-state index is 13.6. The summed E-state index contributed by atoms with van der Waals surface area (Å²) in [7, 11) is 0. The molecule has 0 bridgehead atoms. The summed E-state index contributed by atoms with van der Waals surface area (Å²) in [6, 6.07) is 8.47. The van der Waals surface area contributed by atoms with Gasteiger partial charge in [-0.3, -0.25) is 4.79 Å². The maximum Gasteiger partial charge on any atom is 0.235 e. The number of benzene rings is 2. The van der Waals surface area contributed by atoms with Crippen molar-refractivity contribution >= 4 is 11.6 Å². The SMILES string of the molecule is O=C(Nc1c(F)c(F)c(F)c(F)c1F)C1(c2ccccc2)CC1. The van der Waals surface area contributed by atoms with Crippen LogP contribution in [-0.2, 0) is 10.2 Å². The van der Waals surface area contributed by atoms with E-state index in [4.69, 9.17) is 0 Å². The fraction of sp³-hybridized carbons (Fsp3) is 0.188. The normalized spacial score (nSPS) is 15.3. The second-order valence-electron chi connectivity index (χ2n) is 5.35. The van der Waals surface area contributed by atoms with E-state index in [0.717, 1.165) is 0 Å². The molecule has 0 saturated heterocycles. The number of nitrogens with one attached hydrogen (secondary N) is 1. The molecule has 1 aliphatic rings. The van der Waals surface area contributed by atoms with Crippen molar-refractivity contribution in [2.75, 3.05) is 5.32 Å². The number of halogens is 5. The largest absolute Gasteiger partial charge is 0.320 e. The lowest BCUT2D eigenvalue weighted by Crippen LogP contribution is -2.29. The van der Waals surface area contributed by atoms with E-state index in [9.17, 15) is 26.7 Å². The molecular formula is C16H10F5NO. The lowest BCUT2D eigenvalue weighted by atomic mass is 9.95. The van der Waals surface area contributed by atoms with Gasteiger partial charge in [0, 0.05) is 0 Å². The zero-order valence-electron chi connectivity index (χ0n) is 11.6. The van der Waals surface area contributed by atoms with Gasteiger partial charge in [0.25, 0.3) is 0 Å². The van der Waals surface area contributed by atoms with Crippen LogP contribution < -0.4 is 5.32 Å². The highest BCUT2D eigenvalue weighted by atomic mass is 19.2. The van der Waals surface area contributed by atoms with Crippen molar-refractivity contribution in [3.8, 4) is 0 Å². The quantitative estimate of drug-likeness (QED) is 0.514. The fourth-order valence-corrected chi connectivity index (χ4v) is 2.48. The van der Waals surface area contributed by atoms with Gasteiger partial charge in [-0.25, -0.2) is 22.0 Å². The van der Waals surface area contributed by atoms with Crippen LogP contribution in [0.1, 0.15) is 18.4 Å². The lowest BCUT2D eigenvalue weighted by Gasteiger charge is -2.17. The van der Waals surface area contributed by atoms with Crippen LogP contribution in [0.5, 0.6) is 0 Å². The van der Waals surface area contributed by atoms with E-state index < -0.39 is 46.1 Å². The molecule has 2 nitrogen and oxygen atoms in total. The average Bonchev–Trinajstić information content (AvgIpc) is 3.38. The molecule has 1 saturated carbocycles. The number of anilines is 1. The minimum atomic E-state index is -2.26. The molecule has 7 heteroatoms. The lowest BCUT2D eigenvalue weighted by molar-refractivity contribution is -0.118. The summed E-state index contributed by atoms with van der Waals surface area (Å²) in [6.45, 7) is 0. The van der Waals surface area contributed by atoms with Crippen molar-refractivity contribution in [2.45, 2.75) is 18.3 Å². The monoisotopic (exact) mass is 327 g/mol. The molecule has 3 rings (SSSR count). The van der Waals surface area contributed by atoms with E-state index in [1.54, 1.807) is 30.3 Å². The Morgan fingerprint density at radius 2 is 1.30 bits per heavy atom. The molecule has 1 amide bonds. The molecular weight excluding hydrogens is 317 g/mol. The van der Waals surface area contributed by atoms with Crippen LogP contribution in [0.25, 0.3) is 0 Å². The molecule has 2 aromatic rings. The van der Waals surface area contributed by atoms with Crippen molar-refractivity contribution in [3.05, 3.63) is 65.0 Å². The topological polar surface area (TPSA) is 29.1 Å². The molecule has 120 valence electrons. The predicted molar refractivity (Wildman–Crippen MR) is 72.2 cm³/mol. The van der Waals surface area contributed by atoms with Crippen LogP contribution in [0.15, 0.2) is 30.3 Å². The van der Waals surface area contributed by atoms with E-state index >= 15 is 0 Å². The van der Waals surface area contributed by atoms with Gasteiger partial charge in [0.05, 0.1) is 5.41 Å². The Hall–Kier alpha value is -2.44. The smallest absolute Gasteiger partial charge is 0.235 e. The Kier molecular flexibility index (Phi) is 3.58. The molecule has 0 heterocycles. The summed E-state index contributed by atoms with van der Waals surface area (Å²) < 4.78 is 66.6. The number of rotatable bonds is 3. The molecule has 0 atom stereocenters. The van der Waals surface area contributed by atoms with E-state index in [1.165, 1.54) is 0 Å². The minimum Gasteiger partial charge on any atom is -0.320 e. The van der Waals surface area contributed by atoms with Gasteiger partial charge in [-0.1, -0.05) is 30.3 Å². The Balaban J connectivity index is 1.96. The summed E-state index contributed by atoms with van der Waals surface area (Å²) in [6.07, 6.45) is 0.858.